The number of hydrogen-bond donors (Lipinski definition) is 2. The number of rotatable bonds is 8. The van der Waals surface area contributed by atoms with E-state index in [-0.39, 0.29) is 24.0 Å². The van der Waals surface area contributed by atoms with Gasteiger partial charge in [0.2, 0.25) is 11.8 Å². The van der Waals surface area contributed by atoms with Crippen LogP contribution in [0.1, 0.15) is 11.4 Å². The van der Waals surface area contributed by atoms with Crippen molar-refractivity contribution >= 4 is 35.0 Å². The van der Waals surface area contributed by atoms with Crippen molar-refractivity contribution < 1.29 is 14.3 Å². The fraction of sp³-hybridized carbons (Fsp3) is 0.238. The highest BCUT2D eigenvalue weighted by Gasteiger charge is 2.15. The minimum atomic E-state index is -0.179. The Labute approximate surface area is 179 Å². The minimum Gasteiger partial charge on any atom is -0.497 e. The van der Waals surface area contributed by atoms with Crippen molar-refractivity contribution in [2.75, 3.05) is 23.5 Å². The molecule has 0 spiro atoms. The number of benzene rings is 2. The van der Waals surface area contributed by atoms with Gasteiger partial charge in [0.1, 0.15) is 11.6 Å². The SMILES string of the molecule is COc1cccc(NC(=O)CSc2nnc(CC(=O)Nc3ccc(C)cc3)n2C)c1. The molecule has 0 unspecified atom stereocenters. The second kappa shape index (κ2) is 9.93. The van der Waals surface area contributed by atoms with E-state index in [9.17, 15) is 9.59 Å². The van der Waals surface area contributed by atoms with Crippen LogP contribution >= 0.6 is 11.8 Å². The lowest BCUT2D eigenvalue weighted by Gasteiger charge is -2.07. The molecule has 3 aromatic rings. The number of hydrogen-bond acceptors (Lipinski definition) is 6. The van der Waals surface area contributed by atoms with Gasteiger partial charge < -0.3 is 19.9 Å². The average Bonchev–Trinajstić information content (AvgIpc) is 3.07. The summed E-state index contributed by atoms with van der Waals surface area (Å²) in [6.07, 6.45) is 0.0912. The molecule has 0 aliphatic rings. The molecule has 0 aliphatic heterocycles. The summed E-state index contributed by atoms with van der Waals surface area (Å²) in [6, 6.07) is 14.7. The van der Waals surface area contributed by atoms with Crippen molar-refractivity contribution in [3.63, 3.8) is 0 Å². The maximum Gasteiger partial charge on any atom is 0.234 e. The summed E-state index contributed by atoms with van der Waals surface area (Å²) in [5.41, 5.74) is 2.52. The highest BCUT2D eigenvalue weighted by Crippen LogP contribution is 2.19. The molecule has 9 heteroatoms. The van der Waals surface area contributed by atoms with Gasteiger partial charge in [0.15, 0.2) is 5.16 Å². The van der Waals surface area contributed by atoms with Crippen molar-refractivity contribution in [1.29, 1.82) is 0 Å². The van der Waals surface area contributed by atoms with Crippen LogP contribution < -0.4 is 15.4 Å². The number of carbonyl (C=O) groups is 2. The second-order valence-corrected chi connectivity index (χ2v) is 7.56. The molecule has 1 aromatic heterocycles. The van der Waals surface area contributed by atoms with Crippen LogP contribution in [0.2, 0.25) is 0 Å². The van der Waals surface area contributed by atoms with Gasteiger partial charge in [0, 0.05) is 24.5 Å². The molecule has 0 aliphatic carbocycles. The first-order valence-electron chi connectivity index (χ1n) is 9.26. The topological polar surface area (TPSA) is 98.1 Å². The third-order valence-electron chi connectivity index (χ3n) is 4.26. The Kier molecular flexibility index (Phi) is 7.08. The zero-order valence-electron chi connectivity index (χ0n) is 17.0. The van der Waals surface area contributed by atoms with Crippen molar-refractivity contribution in [3.8, 4) is 5.75 Å². The van der Waals surface area contributed by atoms with E-state index in [4.69, 9.17) is 4.74 Å². The predicted octanol–water partition coefficient (Wildman–Crippen LogP) is 3.04. The fourth-order valence-electron chi connectivity index (χ4n) is 2.64. The Balaban J connectivity index is 1.52. The summed E-state index contributed by atoms with van der Waals surface area (Å²) in [5.74, 6) is 1.01. The largest absolute Gasteiger partial charge is 0.497 e. The number of carbonyl (C=O) groups excluding carboxylic acids is 2. The van der Waals surface area contributed by atoms with Crippen LogP contribution in [0, 0.1) is 6.92 Å². The van der Waals surface area contributed by atoms with Crippen molar-refractivity contribution in [1.82, 2.24) is 14.8 Å². The zero-order valence-corrected chi connectivity index (χ0v) is 17.8. The molecular weight excluding hydrogens is 402 g/mol. The molecule has 3 rings (SSSR count). The number of aromatic nitrogens is 3. The number of nitrogens with zero attached hydrogens (tertiary/aromatic N) is 3. The van der Waals surface area contributed by atoms with E-state index in [1.165, 1.54) is 11.8 Å². The second-order valence-electron chi connectivity index (χ2n) is 6.62. The molecule has 8 nitrogen and oxygen atoms in total. The summed E-state index contributed by atoms with van der Waals surface area (Å²) in [6.45, 7) is 1.99. The van der Waals surface area contributed by atoms with Crippen LogP contribution in [0.5, 0.6) is 5.75 Å². The Morgan fingerprint density at radius 1 is 1.03 bits per heavy atom. The number of nitrogens with one attached hydrogen (secondary N) is 2. The van der Waals surface area contributed by atoms with Gasteiger partial charge in [-0.1, -0.05) is 35.5 Å². The molecule has 156 valence electrons. The van der Waals surface area contributed by atoms with Crippen molar-refractivity contribution in [2.24, 2.45) is 7.05 Å². The summed E-state index contributed by atoms with van der Waals surface area (Å²) >= 11 is 1.25. The van der Waals surface area contributed by atoms with Gasteiger partial charge in [-0.25, -0.2) is 0 Å². The first kappa shape index (κ1) is 21.4. The maximum absolute atomic E-state index is 12.3. The lowest BCUT2D eigenvalue weighted by atomic mass is 10.2. The first-order valence-corrected chi connectivity index (χ1v) is 10.2. The molecule has 0 saturated heterocycles. The molecule has 2 aromatic carbocycles. The lowest BCUT2D eigenvalue weighted by Crippen LogP contribution is -2.17. The van der Waals surface area contributed by atoms with E-state index in [1.807, 2.05) is 31.2 Å². The lowest BCUT2D eigenvalue weighted by molar-refractivity contribution is -0.116. The quantitative estimate of drug-likeness (QED) is 0.539. The normalized spacial score (nSPS) is 10.5. The van der Waals surface area contributed by atoms with Crippen LogP contribution in [-0.2, 0) is 23.1 Å². The average molecular weight is 426 g/mol. The molecular formula is C21H23N5O3S. The Morgan fingerprint density at radius 2 is 1.77 bits per heavy atom. The number of ether oxygens (including phenoxy) is 1. The molecule has 0 bridgehead atoms. The number of thioether (sulfide) groups is 1. The van der Waals surface area contributed by atoms with Gasteiger partial charge >= 0.3 is 0 Å². The Morgan fingerprint density at radius 3 is 2.50 bits per heavy atom. The van der Waals surface area contributed by atoms with E-state index in [0.717, 1.165) is 11.3 Å². The van der Waals surface area contributed by atoms with E-state index in [2.05, 4.69) is 20.8 Å². The van der Waals surface area contributed by atoms with Gasteiger partial charge in [-0.3, -0.25) is 9.59 Å². The van der Waals surface area contributed by atoms with Crippen LogP contribution in [-0.4, -0.2) is 39.4 Å². The van der Waals surface area contributed by atoms with E-state index in [0.29, 0.717) is 22.4 Å². The van der Waals surface area contributed by atoms with Crippen LogP contribution in [0.3, 0.4) is 0 Å². The molecule has 0 atom stereocenters. The van der Waals surface area contributed by atoms with Crippen LogP contribution in [0.4, 0.5) is 11.4 Å². The molecule has 1 heterocycles. The third kappa shape index (κ3) is 5.84. The first-order chi connectivity index (χ1) is 14.4. The number of anilines is 2. The van der Waals surface area contributed by atoms with E-state index < -0.39 is 0 Å². The van der Waals surface area contributed by atoms with Gasteiger partial charge in [0.05, 0.1) is 19.3 Å². The number of aryl methyl sites for hydroxylation is 1. The monoisotopic (exact) mass is 425 g/mol. The molecule has 0 radical (unpaired) electrons. The van der Waals surface area contributed by atoms with Crippen LogP contribution in [0.25, 0.3) is 0 Å². The standard InChI is InChI=1S/C21H23N5O3S/c1-14-7-9-15(10-8-14)22-19(27)12-18-24-25-21(26(18)2)30-13-20(28)23-16-5-4-6-17(11-16)29-3/h4-11H,12-13H2,1-3H3,(H,22,27)(H,23,28). The number of methoxy groups -OCH3 is 1. The van der Waals surface area contributed by atoms with Crippen molar-refractivity contribution in [3.05, 3.63) is 59.9 Å². The van der Waals surface area contributed by atoms with E-state index >= 15 is 0 Å². The molecule has 2 amide bonds. The maximum atomic E-state index is 12.3. The van der Waals surface area contributed by atoms with Gasteiger partial charge in [-0.15, -0.1) is 10.2 Å². The summed E-state index contributed by atoms with van der Waals surface area (Å²) < 4.78 is 6.87. The fourth-order valence-corrected chi connectivity index (χ4v) is 3.37. The van der Waals surface area contributed by atoms with Gasteiger partial charge in [-0.2, -0.15) is 0 Å². The highest BCUT2D eigenvalue weighted by atomic mass is 32.2. The Bertz CT molecular complexity index is 1030. The highest BCUT2D eigenvalue weighted by molar-refractivity contribution is 7.99. The molecule has 0 saturated carbocycles. The van der Waals surface area contributed by atoms with Gasteiger partial charge in [-0.05, 0) is 31.2 Å². The molecule has 30 heavy (non-hydrogen) atoms. The molecule has 2 N–H and O–H groups in total. The summed E-state index contributed by atoms with van der Waals surface area (Å²) in [4.78, 5) is 24.5. The smallest absolute Gasteiger partial charge is 0.234 e. The molecule has 0 fully saturated rings. The van der Waals surface area contributed by atoms with Crippen LogP contribution in [0.15, 0.2) is 53.7 Å². The predicted molar refractivity (Wildman–Crippen MR) is 117 cm³/mol. The number of amides is 2. The summed E-state index contributed by atoms with van der Waals surface area (Å²) in [5, 5.41) is 14.4. The summed E-state index contributed by atoms with van der Waals surface area (Å²) in [7, 11) is 3.35. The van der Waals surface area contributed by atoms with E-state index in [1.54, 1.807) is 43.0 Å². The van der Waals surface area contributed by atoms with Crippen molar-refractivity contribution in [2.45, 2.75) is 18.5 Å². The van der Waals surface area contributed by atoms with Gasteiger partial charge in [0.25, 0.3) is 0 Å². The third-order valence-corrected chi connectivity index (χ3v) is 5.29. The minimum absolute atomic E-state index is 0.0912. The Hall–Kier alpha value is -3.33. The zero-order chi connectivity index (χ0) is 21.5.